The van der Waals surface area contributed by atoms with Crippen LogP contribution in [0.25, 0.3) is 0 Å². The topological polar surface area (TPSA) is 58.9 Å². The number of nitrogens with zero attached hydrogens (tertiary/aromatic N) is 2. The van der Waals surface area contributed by atoms with Gasteiger partial charge in [-0.2, -0.15) is 0 Å². The van der Waals surface area contributed by atoms with Crippen molar-refractivity contribution in [1.29, 1.82) is 0 Å². The first kappa shape index (κ1) is 30.5. The Morgan fingerprint density at radius 2 is 0.944 bits per heavy atom. The Kier molecular flexibility index (Phi) is 11.6. The molecule has 0 saturated carbocycles. The Bertz CT molecular complexity index is 1020. The van der Waals surface area contributed by atoms with Crippen LogP contribution in [-0.2, 0) is 9.13 Å². The van der Waals surface area contributed by atoms with Gasteiger partial charge in [-0.15, -0.1) is 0 Å². The summed E-state index contributed by atoms with van der Waals surface area (Å²) < 4.78 is 27.2. The highest BCUT2D eigenvalue weighted by Gasteiger charge is 2.33. The lowest BCUT2D eigenvalue weighted by atomic mass is 10.2. The minimum Gasteiger partial charge on any atom is -0.318 e. The summed E-state index contributed by atoms with van der Waals surface area (Å²) in [5, 5.41) is 1.90. The van der Waals surface area contributed by atoms with Crippen molar-refractivity contribution < 1.29 is 9.13 Å². The molecule has 6 heteroatoms. The van der Waals surface area contributed by atoms with E-state index >= 15 is 0 Å². The van der Waals surface area contributed by atoms with Crippen molar-refractivity contribution in [1.82, 2.24) is 0 Å². The van der Waals surface area contributed by atoms with Crippen molar-refractivity contribution in [3.63, 3.8) is 0 Å². The third-order valence-electron chi connectivity index (χ3n) is 6.92. The van der Waals surface area contributed by atoms with Gasteiger partial charge in [-0.1, -0.05) is 91.8 Å². The van der Waals surface area contributed by atoms with Crippen molar-refractivity contribution in [2.75, 3.05) is 13.1 Å². The van der Waals surface area contributed by atoms with E-state index in [9.17, 15) is 9.13 Å². The first-order valence-corrected chi connectivity index (χ1v) is 17.0. The lowest BCUT2D eigenvalue weighted by Crippen LogP contribution is -2.20. The van der Waals surface area contributed by atoms with Gasteiger partial charge in [0.15, 0.2) is 0 Å². The van der Waals surface area contributed by atoms with Crippen LogP contribution in [0, 0.1) is 0 Å². The molecule has 36 heavy (non-hydrogen) atoms. The van der Waals surface area contributed by atoms with E-state index in [2.05, 4.69) is 65.4 Å². The van der Waals surface area contributed by atoms with Gasteiger partial charge in [-0.3, -0.25) is 9.98 Å². The summed E-state index contributed by atoms with van der Waals surface area (Å²) in [5.74, 6) is 0. The van der Waals surface area contributed by atoms with E-state index in [-0.39, 0.29) is 22.6 Å². The maximum atomic E-state index is 13.6. The van der Waals surface area contributed by atoms with E-state index in [0.717, 1.165) is 47.7 Å². The van der Waals surface area contributed by atoms with Crippen LogP contribution in [0.4, 0.5) is 0 Å². The van der Waals surface area contributed by atoms with Crippen LogP contribution in [0.15, 0.2) is 58.5 Å². The molecule has 0 saturated heterocycles. The molecule has 0 heterocycles. The van der Waals surface area contributed by atoms with Crippen molar-refractivity contribution in [2.45, 2.75) is 90.9 Å². The molecule has 0 aliphatic rings. The normalized spacial score (nSPS) is 13.3. The molecule has 0 unspecified atom stereocenters. The van der Waals surface area contributed by atoms with Crippen LogP contribution in [-0.4, -0.2) is 48.2 Å². The Morgan fingerprint density at radius 1 is 0.611 bits per heavy atom. The molecule has 2 aromatic carbocycles. The van der Waals surface area contributed by atoms with Gasteiger partial charge in [0.25, 0.3) is 0 Å². The Labute approximate surface area is 219 Å². The van der Waals surface area contributed by atoms with Crippen LogP contribution >= 0.6 is 14.3 Å². The van der Waals surface area contributed by atoms with Crippen LogP contribution in [0.5, 0.6) is 0 Å². The lowest BCUT2D eigenvalue weighted by molar-refractivity contribution is 0.568. The Balaban J connectivity index is 1.89. The number of benzene rings is 2. The molecule has 0 amide bonds. The molecule has 0 aliphatic carbocycles. The van der Waals surface area contributed by atoms with Gasteiger partial charge in [-0.05, 0) is 36.1 Å². The van der Waals surface area contributed by atoms with E-state index in [1.54, 1.807) is 0 Å². The molecule has 0 atom stereocenters. The number of rotatable bonds is 13. The number of aliphatic imine (C=N–C) groups is 2. The van der Waals surface area contributed by atoms with Gasteiger partial charge >= 0.3 is 0 Å². The highest BCUT2D eigenvalue weighted by atomic mass is 31.2. The molecule has 2 aromatic rings. The molecular formula is C30H46N2O2P2. The van der Waals surface area contributed by atoms with Gasteiger partial charge < -0.3 is 9.13 Å². The van der Waals surface area contributed by atoms with E-state index < -0.39 is 14.3 Å². The van der Waals surface area contributed by atoms with Crippen molar-refractivity contribution in [3.8, 4) is 0 Å². The molecule has 0 aromatic heterocycles. The smallest absolute Gasteiger partial charge is 0.120 e. The van der Waals surface area contributed by atoms with E-state index in [4.69, 9.17) is 0 Å². The van der Waals surface area contributed by atoms with Gasteiger partial charge in [0.2, 0.25) is 0 Å². The fourth-order valence-corrected chi connectivity index (χ4v) is 10.9. The summed E-state index contributed by atoms with van der Waals surface area (Å²) in [6.07, 6.45) is 5.70. The molecule has 4 nitrogen and oxygen atoms in total. The minimum absolute atomic E-state index is 0.127. The fourth-order valence-electron chi connectivity index (χ4n) is 4.78. The standard InChI is InChI=1S/C30H46N2O2P2/c1-23(2)35(33,24(3)4)29-15-11-13-27(19-29)21-31-17-9-10-18-32-22-28-14-12-16-30(20-28)36(34,25(5)6)26(7)8/h11-16,19-26H,9-10,17-18H2,1-8H3. The zero-order valence-electron chi connectivity index (χ0n) is 23.5. The predicted octanol–water partition coefficient (Wildman–Crippen LogP) is 7.62. The van der Waals surface area contributed by atoms with Gasteiger partial charge in [0.05, 0.1) is 0 Å². The monoisotopic (exact) mass is 528 g/mol. The molecule has 0 bridgehead atoms. The van der Waals surface area contributed by atoms with Gasteiger partial charge in [-0.25, -0.2) is 0 Å². The van der Waals surface area contributed by atoms with Crippen LogP contribution in [0.2, 0.25) is 0 Å². The molecule has 0 N–H and O–H groups in total. The SMILES string of the molecule is CC(C)P(=O)(c1cccc(C=NCCCCN=Cc2cccc(P(=O)(C(C)C)C(C)C)c2)c1)C(C)C. The maximum absolute atomic E-state index is 13.6. The van der Waals surface area contributed by atoms with Gasteiger partial charge in [0.1, 0.15) is 14.3 Å². The second kappa shape index (κ2) is 13.7. The van der Waals surface area contributed by atoms with E-state index in [1.807, 2.05) is 61.0 Å². The number of unbranched alkanes of at least 4 members (excludes halogenated alkanes) is 1. The summed E-state index contributed by atoms with van der Waals surface area (Å²) in [6, 6.07) is 16.1. The van der Waals surface area contributed by atoms with Crippen LogP contribution in [0.3, 0.4) is 0 Å². The van der Waals surface area contributed by atoms with Crippen LogP contribution in [0.1, 0.15) is 79.4 Å². The summed E-state index contributed by atoms with van der Waals surface area (Å²) in [7, 11) is -4.88. The second-order valence-electron chi connectivity index (χ2n) is 10.8. The predicted molar refractivity (Wildman–Crippen MR) is 162 cm³/mol. The fraction of sp³-hybridized carbons (Fsp3) is 0.533. The van der Waals surface area contributed by atoms with Crippen LogP contribution < -0.4 is 10.6 Å². The number of hydrogen-bond donors (Lipinski definition) is 0. The molecule has 198 valence electrons. The van der Waals surface area contributed by atoms with Crippen molar-refractivity contribution in [2.24, 2.45) is 9.98 Å². The van der Waals surface area contributed by atoms with Gasteiger partial charge in [0, 0.05) is 58.8 Å². The highest BCUT2D eigenvalue weighted by molar-refractivity contribution is 7.73. The maximum Gasteiger partial charge on any atom is 0.120 e. The van der Waals surface area contributed by atoms with E-state index in [0.29, 0.717) is 0 Å². The molecular weight excluding hydrogens is 482 g/mol. The first-order valence-electron chi connectivity index (χ1n) is 13.3. The minimum atomic E-state index is -2.44. The number of hydrogen-bond acceptors (Lipinski definition) is 4. The highest BCUT2D eigenvalue weighted by Crippen LogP contribution is 2.54. The summed E-state index contributed by atoms with van der Waals surface area (Å²) in [5.41, 5.74) is 2.52. The molecule has 0 radical (unpaired) electrons. The van der Waals surface area contributed by atoms with Crippen molar-refractivity contribution >= 4 is 37.3 Å². The van der Waals surface area contributed by atoms with Crippen molar-refractivity contribution in [3.05, 3.63) is 59.7 Å². The zero-order valence-corrected chi connectivity index (χ0v) is 25.3. The lowest BCUT2D eigenvalue weighted by Gasteiger charge is -2.26. The molecule has 2 rings (SSSR count). The zero-order chi connectivity index (χ0) is 26.9. The quantitative estimate of drug-likeness (QED) is 0.153. The largest absolute Gasteiger partial charge is 0.318 e. The Morgan fingerprint density at radius 3 is 1.25 bits per heavy atom. The summed E-state index contributed by atoms with van der Waals surface area (Å²) in [6.45, 7) is 17.9. The first-order chi connectivity index (χ1) is 16.9. The average molecular weight is 529 g/mol. The second-order valence-corrected chi connectivity index (χ2v) is 18.8. The summed E-state index contributed by atoms with van der Waals surface area (Å²) in [4.78, 5) is 9.17. The Hall–Kier alpha value is -1.76. The molecule has 0 spiro atoms. The summed E-state index contributed by atoms with van der Waals surface area (Å²) >= 11 is 0. The third kappa shape index (κ3) is 7.39. The average Bonchev–Trinajstić information content (AvgIpc) is 2.84. The van der Waals surface area contributed by atoms with E-state index in [1.165, 1.54) is 0 Å². The third-order valence-corrected chi connectivity index (χ3v) is 15.2. The molecule has 0 aliphatic heterocycles. The molecule has 0 fully saturated rings.